The smallest absolute Gasteiger partial charge is 0.155 e. The van der Waals surface area contributed by atoms with Crippen LogP contribution in [0.5, 0.6) is 0 Å². The molecule has 0 aromatic heterocycles. The lowest BCUT2D eigenvalue weighted by atomic mass is 9.51. The maximum atomic E-state index is 11.8. The van der Waals surface area contributed by atoms with Crippen molar-refractivity contribution >= 4 is 5.78 Å². The Hall–Kier alpha value is -1.10. The number of fused-ring (bicyclic) bond motifs is 8. The average molecular weight is 295 g/mol. The number of nitriles is 1. The van der Waals surface area contributed by atoms with Crippen LogP contribution in [0.1, 0.15) is 51.9 Å². The molecular weight excluding hydrogens is 270 g/mol. The molecule has 22 heavy (non-hydrogen) atoms. The fourth-order valence-corrected chi connectivity index (χ4v) is 7.22. The quantitative estimate of drug-likeness (QED) is 0.674. The van der Waals surface area contributed by atoms with Crippen LogP contribution in [0.4, 0.5) is 0 Å². The van der Waals surface area contributed by atoms with Crippen molar-refractivity contribution in [3.05, 3.63) is 11.6 Å². The van der Waals surface area contributed by atoms with Crippen LogP contribution in [0.15, 0.2) is 11.6 Å². The zero-order valence-corrected chi connectivity index (χ0v) is 13.4. The molecule has 4 fully saturated rings. The molecule has 5 aliphatic rings. The molecule has 116 valence electrons. The Morgan fingerprint density at radius 1 is 1.18 bits per heavy atom. The maximum absolute atomic E-state index is 11.8. The molecule has 0 saturated heterocycles. The summed E-state index contributed by atoms with van der Waals surface area (Å²) in [5.41, 5.74) is 1.83. The second-order valence-corrected chi connectivity index (χ2v) is 8.91. The maximum Gasteiger partial charge on any atom is 0.155 e. The molecule has 5 aliphatic carbocycles. The summed E-state index contributed by atoms with van der Waals surface area (Å²) in [5.74, 6) is 5.42. The Labute approximate surface area is 133 Å². The largest absolute Gasteiger partial charge is 0.295 e. The Kier molecular flexibility index (Phi) is 2.58. The van der Waals surface area contributed by atoms with Crippen LogP contribution >= 0.6 is 0 Å². The predicted octanol–water partition coefficient (Wildman–Crippen LogP) is 4.12. The normalized spacial score (nSPS) is 55.2. The molecule has 0 amide bonds. The Bertz CT molecular complexity index is 614. The molecule has 2 nitrogen and oxygen atoms in total. The van der Waals surface area contributed by atoms with E-state index in [1.807, 2.05) is 6.08 Å². The van der Waals surface area contributed by atoms with E-state index in [4.69, 9.17) is 0 Å². The number of hydrogen-bond donors (Lipinski definition) is 0. The van der Waals surface area contributed by atoms with E-state index in [2.05, 4.69) is 13.0 Å². The highest BCUT2D eigenvalue weighted by Crippen LogP contribution is 2.71. The first-order valence-electron chi connectivity index (χ1n) is 9.27. The Morgan fingerprint density at radius 2 is 2.05 bits per heavy atom. The molecule has 4 saturated carbocycles. The van der Waals surface area contributed by atoms with Crippen LogP contribution in [0, 0.1) is 58.2 Å². The number of nitrogens with zero attached hydrogens (tertiary/aromatic N) is 1. The first-order chi connectivity index (χ1) is 10.6. The number of hydrogen-bond acceptors (Lipinski definition) is 2. The van der Waals surface area contributed by atoms with Gasteiger partial charge in [0.05, 0.1) is 12.0 Å². The topological polar surface area (TPSA) is 40.9 Å². The molecule has 0 radical (unpaired) electrons. The van der Waals surface area contributed by atoms with Gasteiger partial charge in [-0.25, -0.2) is 0 Å². The molecule has 0 aromatic carbocycles. The minimum Gasteiger partial charge on any atom is -0.295 e. The van der Waals surface area contributed by atoms with Gasteiger partial charge in [-0.15, -0.1) is 0 Å². The van der Waals surface area contributed by atoms with E-state index in [9.17, 15) is 10.1 Å². The van der Waals surface area contributed by atoms with Gasteiger partial charge in [-0.05, 0) is 85.5 Å². The zero-order chi connectivity index (χ0) is 15.1. The van der Waals surface area contributed by atoms with Crippen LogP contribution in [0.3, 0.4) is 0 Å². The van der Waals surface area contributed by atoms with Crippen molar-refractivity contribution in [1.82, 2.24) is 0 Å². The summed E-state index contributed by atoms with van der Waals surface area (Å²) >= 11 is 0. The van der Waals surface area contributed by atoms with E-state index in [1.54, 1.807) is 5.57 Å². The van der Waals surface area contributed by atoms with Gasteiger partial charge >= 0.3 is 0 Å². The van der Waals surface area contributed by atoms with Gasteiger partial charge < -0.3 is 0 Å². The third-order valence-electron chi connectivity index (χ3n) is 8.28. The summed E-state index contributed by atoms with van der Waals surface area (Å²) in [6.45, 7) is 2.42. The number of carbonyl (C=O) groups is 1. The lowest BCUT2D eigenvalue weighted by Gasteiger charge is -2.53. The van der Waals surface area contributed by atoms with Gasteiger partial charge in [-0.3, -0.25) is 4.79 Å². The minimum absolute atomic E-state index is 0.286. The number of carbonyl (C=O) groups excluding carboxylic acids is 1. The Balaban J connectivity index is 1.52. The molecule has 0 bridgehead atoms. The summed E-state index contributed by atoms with van der Waals surface area (Å²) in [4.78, 5) is 11.8. The molecule has 0 aliphatic heterocycles. The number of rotatable bonds is 0. The van der Waals surface area contributed by atoms with Crippen molar-refractivity contribution in [2.45, 2.75) is 51.9 Å². The fraction of sp³-hybridized carbons (Fsp3) is 0.800. The summed E-state index contributed by atoms with van der Waals surface area (Å²) in [5, 5.41) is 9.56. The van der Waals surface area contributed by atoms with Gasteiger partial charge in [-0.1, -0.05) is 12.5 Å². The van der Waals surface area contributed by atoms with E-state index < -0.39 is 0 Å². The van der Waals surface area contributed by atoms with Gasteiger partial charge in [0.1, 0.15) is 0 Å². The van der Waals surface area contributed by atoms with Crippen LogP contribution in [0.2, 0.25) is 0 Å². The fourth-order valence-electron chi connectivity index (χ4n) is 7.22. The van der Waals surface area contributed by atoms with Gasteiger partial charge in [0.2, 0.25) is 0 Å². The molecule has 2 heteroatoms. The van der Waals surface area contributed by atoms with Crippen molar-refractivity contribution in [2.75, 3.05) is 0 Å². The second kappa shape index (κ2) is 4.25. The third kappa shape index (κ3) is 1.53. The number of allylic oxidation sites excluding steroid dienone is 1. The first-order valence-corrected chi connectivity index (χ1v) is 9.27. The summed E-state index contributed by atoms with van der Waals surface area (Å²) < 4.78 is 0. The summed E-state index contributed by atoms with van der Waals surface area (Å²) in [6.07, 6.45) is 10.2. The summed E-state index contributed by atoms with van der Waals surface area (Å²) in [7, 11) is 0. The van der Waals surface area contributed by atoms with Gasteiger partial charge in [0.25, 0.3) is 0 Å². The van der Waals surface area contributed by atoms with E-state index in [-0.39, 0.29) is 5.41 Å². The standard InChI is InChI=1S/C20H25NO/c1-20-7-6-14-13-4-3-12(22)8-15(13)16-9-17(16)19(14)18(20)5-2-11(20)10-21/h8,11,13-14,16-19H,2-7,9H2,1H3/t11-,13?,14?,16?,17?,18?,19?,20-/m1/s1. The van der Waals surface area contributed by atoms with Crippen LogP contribution in [-0.2, 0) is 4.79 Å². The van der Waals surface area contributed by atoms with Crippen LogP contribution in [0.25, 0.3) is 0 Å². The lowest BCUT2D eigenvalue weighted by Crippen LogP contribution is -2.47. The van der Waals surface area contributed by atoms with Crippen molar-refractivity contribution < 1.29 is 4.79 Å². The SMILES string of the molecule is C[C@]12CCC3C4CCC(=O)C=C4C4CC4C3C1CC[C@@H]2C#N. The highest BCUT2D eigenvalue weighted by molar-refractivity contribution is 5.91. The van der Waals surface area contributed by atoms with Crippen molar-refractivity contribution in [2.24, 2.45) is 46.8 Å². The molecule has 0 heterocycles. The highest BCUT2D eigenvalue weighted by atomic mass is 16.1. The molecular formula is C20H25NO. The van der Waals surface area contributed by atoms with Crippen molar-refractivity contribution in [1.29, 1.82) is 5.26 Å². The van der Waals surface area contributed by atoms with Gasteiger partial charge in [0, 0.05) is 6.42 Å². The average Bonchev–Trinajstić information content (AvgIpc) is 3.23. The summed E-state index contributed by atoms with van der Waals surface area (Å²) in [6, 6.07) is 2.63. The van der Waals surface area contributed by atoms with Gasteiger partial charge in [-0.2, -0.15) is 5.26 Å². The molecule has 5 rings (SSSR count). The molecule has 0 spiro atoms. The highest BCUT2D eigenvalue weighted by Gasteiger charge is 2.64. The minimum atomic E-state index is 0.286. The lowest BCUT2D eigenvalue weighted by molar-refractivity contribution is -0.116. The van der Waals surface area contributed by atoms with Crippen LogP contribution in [-0.4, -0.2) is 5.78 Å². The first kappa shape index (κ1) is 13.3. The van der Waals surface area contributed by atoms with E-state index >= 15 is 0 Å². The van der Waals surface area contributed by atoms with E-state index in [1.165, 1.54) is 25.7 Å². The third-order valence-corrected chi connectivity index (χ3v) is 8.28. The monoisotopic (exact) mass is 295 g/mol. The van der Waals surface area contributed by atoms with Crippen molar-refractivity contribution in [3.8, 4) is 6.07 Å². The second-order valence-electron chi connectivity index (χ2n) is 8.91. The van der Waals surface area contributed by atoms with Crippen LogP contribution < -0.4 is 0 Å². The zero-order valence-electron chi connectivity index (χ0n) is 13.4. The van der Waals surface area contributed by atoms with Gasteiger partial charge in [0.15, 0.2) is 5.78 Å². The number of ketones is 1. The van der Waals surface area contributed by atoms with E-state index in [0.717, 1.165) is 48.9 Å². The Morgan fingerprint density at radius 3 is 2.86 bits per heavy atom. The molecule has 0 N–H and O–H groups in total. The molecule has 8 atom stereocenters. The molecule has 6 unspecified atom stereocenters. The van der Waals surface area contributed by atoms with E-state index in [0.29, 0.717) is 17.6 Å². The molecule has 0 aromatic rings. The predicted molar refractivity (Wildman–Crippen MR) is 83.6 cm³/mol. The van der Waals surface area contributed by atoms with Crippen molar-refractivity contribution in [3.63, 3.8) is 0 Å².